The molecule has 0 aliphatic heterocycles. The summed E-state index contributed by atoms with van der Waals surface area (Å²) in [4.78, 5) is 12.6. The van der Waals surface area contributed by atoms with Crippen molar-refractivity contribution in [2.75, 3.05) is 19.5 Å². The van der Waals surface area contributed by atoms with Crippen molar-refractivity contribution in [1.82, 2.24) is 19.6 Å². The van der Waals surface area contributed by atoms with E-state index in [9.17, 15) is 4.79 Å². The van der Waals surface area contributed by atoms with E-state index in [1.54, 1.807) is 42.4 Å². The van der Waals surface area contributed by atoms with Gasteiger partial charge >= 0.3 is 0 Å². The number of benzene rings is 1. The van der Waals surface area contributed by atoms with Crippen LogP contribution in [0.3, 0.4) is 0 Å². The van der Waals surface area contributed by atoms with Gasteiger partial charge in [0.2, 0.25) is 0 Å². The van der Waals surface area contributed by atoms with Crippen LogP contribution in [0.1, 0.15) is 28.5 Å². The van der Waals surface area contributed by atoms with Crippen LogP contribution in [0.5, 0.6) is 11.5 Å². The molecule has 1 amide bonds. The maximum absolute atomic E-state index is 12.6. The first-order chi connectivity index (χ1) is 13.0. The van der Waals surface area contributed by atoms with Crippen molar-refractivity contribution in [3.63, 3.8) is 0 Å². The Morgan fingerprint density at radius 3 is 2.67 bits per heavy atom. The van der Waals surface area contributed by atoms with Crippen LogP contribution in [-0.2, 0) is 13.1 Å². The molecule has 0 radical (unpaired) electrons. The third kappa shape index (κ3) is 3.94. The maximum Gasteiger partial charge on any atom is 0.259 e. The van der Waals surface area contributed by atoms with Gasteiger partial charge in [0.25, 0.3) is 5.91 Å². The lowest BCUT2D eigenvalue weighted by atomic mass is 10.1. The quantitative estimate of drug-likeness (QED) is 0.692. The van der Waals surface area contributed by atoms with Crippen LogP contribution in [0.2, 0.25) is 0 Å². The summed E-state index contributed by atoms with van der Waals surface area (Å²) in [6.45, 7) is 5.51. The molecule has 0 bridgehead atoms. The first-order valence-electron chi connectivity index (χ1n) is 8.62. The number of nitrogens with one attached hydrogen (secondary N) is 1. The van der Waals surface area contributed by atoms with Gasteiger partial charge in [-0.3, -0.25) is 14.2 Å². The number of nitrogens with zero attached hydrogens (tertiary/aromatic N) is 4. The van der Waals surface area contributed by atoms with Gasteiger partial charge in [0.1, 0.15) is 11.5 Å². The first-order valence-corrected chi connectivity index (χ1v) is 8.62. The summed E-state index contributed by atoms with van der Waals surface area (Å²) in [6, 6.07) is 5.06. The second-order valence-electron chi connectivity index (χ2n) is 6.02. The zero-order chi connectivity index (χ0) is 19.4. The van der Waals surface area contributed by atoms with Crippen molar-refractivity contribution in [1.29, 1.82) is 0 Å². The van der Waals surface area contributed by atoms with Gasteiger partial charge < -0.3 is 14.8 Å². The van der Waals surface area contributed by atoms with Crippen LogP contribution < -0.4 is 14.8 Å². The number of anilines is 1. The molecule has 1 aromatic carbocycles. The average molecular weight is 369 g/mol. The number of aryl methyl sites for hydroxylation is 1. The summed E-state index contributed by atoms with van der Waals surface area (Å²) in [7, 11) is 3.08. The highest BCUT2D eigenvalue weighted by atomic mass is 16.5. The minimum Gasteiger partial charge on any atom is -0.497 e. The number of hydrogen-bond acceptors (Lipinski definition) is 5. The Kier molecular flexibility index (Phi) is 5.44. The number of amides is 1. The minimum atomic E-state index is -0.274. The van der Waals surface area contributed by atoms with Gasteiger partial charge in [0, 0.05) is 30.1 Å². The molecule has 142 valence electrons. The standard InChI is InChI=1S/C19H23N5O3/c1-5-24-13(2)14(9-21-24)11-23-12-15(10-20-23)22-19(25)17-7-6-16(26-3)8-18(17)27-4/h6-10,12H,5,11H2,1-4H3,(H,22,25). The Balaban J connectivity index is 1.72. The van der Waals surface area contributed by atoms with Crippen LogP contribution in [0.4, 0.5) is 5.69 Å². The summed E-state index contributed by atoms with van der Waals surface area (Å²) in [5.74, 6) is 0.796. The van der Waals surface area contributed by atoms with Gasteiger partial charge in [-0.2, -0.15) is 10.2 Å². The third-order valence-corrected chi connectivity index (χ3v) is 4.38. The lowest BCUT2D eigenvalue weighted by Gasteiger charge is -2.10. The van der Waals surface area contributed by atoms with Crippen LogP contribution in [0, 0.1) is 6.92 Å². The second-order valence-corrected chi connectivity index (χ2v) is 6.02. The molecule has 0 fully saturated rings. The molecule has 0 aliphatic carbocycles. The van der Waals surface area contributed by atoms with Gasteiger partial charge in [0.05, 0.1) is 44.4 Å². The van der Waals surface area contributed by atoms with Gasteiger partial charge in [0.15, 0.2) is 0 Å². The van der Waals surface area contributed by atoms with Crippen molar-refractivity contribution in [2.45, 2.75) is 26.9 Å². The van der Waals surface area contributed by atoms with E-state index in [0.717, 1.165) is 17.8 Å². The summed E-state index contributed by atoms with van der Waals surface area (Å²) in [6.07, 6.45) is 5.26. The van der Waals surface area contributed by atoms with Gasteiger partial charge in [-0.1, -0.05) is 0 Å². The minimum absolute atomic E-state index is 0.274. The average Bonchev–Trinajstić information content (AvgIpc) is 3.27. The monoisotopic (exact) mass is 369 g/mol. The molecule has 0 saturated heterocycles. The molecule has 0 unspecified atom stereocenters. The Morgan fingerprint density at radius 2 is 2.00 bits per heavy atom. The predicted octanol–water partition coefficient (Wildman–Crippen LogP) is 2.73. The molecular weight excluding hydrogens is 346 g/mol. The molecule has 3 rings (SSSR count). The Hall–Kier alpha value is -3.29. The molecule has 0 aliphatic rings. The van der Waals surface area contributed by atoms with E-state index < -0.39 is 0 Å². The molecule has 2 aromatic heterocycles. The fourth-order valence-corrected chi connectivity index (χ4v) is 2.83. The van der Waals surface area contributed by atoms with E-state index in [1.807, 2.05) is 17.8 Å². The fraction of sp³-hybridized carbons (Fsp3) is 0.316. The number of hydrogen-bond donors (Lipinski definition) is 1. The molecule has 0 saturated carbocycles. The van der Waals surface area contributed by atoms with Gasteiger partial charge in [-0.15, -0.1) is 0 Å². The zero-order valence-corrected chi connectivity index (χ0v) is 15.9. The van der Waals surface area contributed by atoms with Crippen molar-refractivity contribution in [3.8, 4) is 11.5 Å². The number of carbonyl (C=O) groups excluding carboxylic acids is 1. The van der Waals surface area contributed by atoms with E-state index in [1.165, 1.54) is 7.11 Å². The number of rotatable bonds is 7. The summed E-state index contributed by atoms with van der Waals surface area (Å²) in [5, 5.41) is 11.5. The predicted molar refractivity (Wildman–Crippen MR) is 101 cm³/mol. The lowest BCUT2D eigenvalue weighted by molar-refractivity contribution is 0.102. The zero-order valence-electron chi connectivity index (χ0n) is 15.9. The van der Waals surface area contributed by atoms with Crippen molar-refractivity contribution in [3.05, 3.63) is 53.6 Å². The number of aromatic nitrogens is 4. The fourth-order valence-electron chi connectivity index (χ4n) is 2.83. The molecule has 8 heteroatoms. The van der Waals surface area contributed by atoms with Crippen molar-refractivity contribution in [2.24, 2.45) is 0 Å². The number of ether oxygens (including phenoxy) is 2. The number of methoxy groups -OCH3 is 2. The molecule has 2 heterocycles. The van der Waals surface area contributed by atoms with Crippen LogP contribution >= 0.6 is 0 Å². The van der Waals surface area contributed by atoms with Crippen LogP contribution in [-0.4, -0.2) is 39.7 Å². The van der Waals surface area contributed by atoms with E-state index in [2.05, 4.69) is 22.4 Å². The lowest BCUT2D eigenvalue weighted by Crippen LogP contribution is -2.13. The molecule has 0 atom stereocenters. The molecule has 1 N–H and O–H groups in total. The van der Waals surface area contributed by atoms with Crippen molar-refractivity contribution >= 4 is 11.6 Å². The first kappa shape index (κ1) is 18.5. The second kappa shape index (κ2) is 7.94. The molecule has 8 nitrogen and oxygen atoms in total. The largest absolute Gasteiger partial charge is 0.497 e. The van der Waals surface area contributed by atoms with Crippen LogP contribution in [0.15, 0.2) is 36.8 Å². The SMILES string of the molecule is CCn1ncc(Cn2cc(NC(=O)c3ccc(OC)cc3OC)cn2)c1C. The highest BCUT2D eigenvalue weighted by molar-refractivity contribution is 6.06. The highest BCUT2D eigenvalue weighted by Gasteiger charge is 2.15. The van der Waals surface area contributed by atoms with Crippen molar-refractivity contribution < 1.29 is 14.3 Å². The maximum atomic E-state index is 12.6. The summed E-state index contributed by atoms with van der Waals surface area (Å²) in [5.41, 5.74) is 3.24. The van der Waals surface area contributed by atoms with E-state index in [-0.39, 0.29) is 5.91 Å². The summed E-state index contributed by atoms with van der Waals surface area (Å²) < 4.78 is 14.2. The third-order valence-electron chi connectivity index (χ3n) is 4.38. The molecular formula is C19H23N5O3. The summed E-state index contributed by atoms with van der Waals surface area (Å²) >= 11 is 0. The Morgan fingerprint density at radius 1 is 1.19 bits per heavy atom. The molecule has 27 heavy (non-hydrogen) atoms. The van der Waals surface area contributed by atoms with E-state index in [0.29, 0.717) is 29.3 Å². The van der Waals surface area contributed by atoms with Crippen LogP contribution in [0.25, 0.3) is 0 Å². The number of carbonyl (C=O) groups is 1. The van der Waals surface area contributed by atoms with E-state index in [4.69, 9.17) is 9.47 Å². The van der Waals surface area contributed by atoms with Gasteiger partial charge in [-0.25, -0.2) is 0 Å². The highest BCUT2D eigenvalue weighted by Crippen LogP contribution is 2.25. The Bertz CT molecular complexity index is 945. The smallest absolute Gasteiger partial charge is 0.259 e. The van der Waals surface area contributed by atoms with E-state index >= 15 is 0 Å². The topological polar surface area (TPSA) is 83.2 Å². The van der Waals surface area contributed by atoms with Gasteiger partial charge in [-0.05, 0) is 26.0 Å². The Labute approximate surface area is 157 Å². The molecule has 3 aromatic rings. The molecule has 0 spiro atoms. The normalized spacial score (nSPS) is 10.7.